The van der Waals surface area contributed by atoms with E-state index >= 15 is 0 Å². The van der Waals surface area contributed by atoms with Crippen LogP contribution in [-0.2, 0) is 6.54 Å². The highest BCUT2D eigenvalue weighted by molar-refractivity contribution is 6.42. The Morgan fingerprint density at radius 3 is 2.19 bits per heavy atom. The van der Waals surface area contributed by atoms with Crippen molar-refractivity contribution in [3.8, 4) is 33.9 Å². The normalized spacial score (nSPS) is 12.1. The third-order valence-corrected chi connectivity index (χ3v) is 5.35. The van der Waals surface area contributed by atoms with Crippen molar-refractivity contribution in [2.45, 2.75) is 6.54 Å². The topological polar surface area (TPSA) is 30.7 Å². The van der Waals surface area contributed by atoms with E-state index in [1.807, 2.05) is 35.0 Å². The van der Waals surface area contributed by atoms with Crippen LogP contribution in [0.3, 0.4) is 0 Å². The van der Waals surface area contributed by atoms with Gasteiger partial charge in [0.2, 0.25) is 0 Å². The predicted octanol–water partition coefficient (Wildman–Crippen LogP) is 5.95. The summed E-state index contributed by atoms with van der Waals surface area (Å²) in [5, 5.41) is 5.76. The molecule has 0 bridgehead atoms. The molecule has 3 aromatic carbocycles. The van der Waals surface area contributed by atoms with E-state index in [0.717, 1.165) is 28.3 Å². The Morgan fingerprint density at radius 1 is 0.769 bits per heavy atom. The summed E-state index contributed by atoms with van der Waals surface area (Å²) in [4.78, 5) is 4.73. The van der Waals surface area contributed by atoms with Gasteiger partial charge in [0, 0.05) is 11.1 Å². The van der Waals surface area contributed by atoms with E-state index < -0.39 is 0 Å². The second-order valence-corrected chi connectivity index (χ2v) is 7.10. The summed E-state index contributed by atoms with van der Waals surface area (Å²) >= 11 is 12.3. The molecule has 3 nitrogen and oxygen atoms in total. The molecular weight excluding hydrogens is 365 g/mol. The lowest BCUT2D eigenvalue weighted by molar-refractivity contribution is 0.722. The van der Waals surface area contributed by atoms with Crippen molar-refractivity contribution in [2.75, 3.05) is 0 Å². The number of hydrogen-bond acceptors (Lipinski definition) is 2. The lowest BCUT2D eigenvalue weighted by Crippen LogP contribution is -1.95. The molecule has 1 aliphatic rings. The smallest absolute Gasteiger partial charge is 0.181 e. The number of halogens is 2. The first-order valence-electron chi connectivity index (χ1n) is 8.28. The monoisotopic (exact) mass is 377 g/mol. The number of rotatable bonds is 2. The Morgan fingerprint density at radius 2 is 1.42 bits per heavy atom. The van der Waals surface area contributed by atoms with Crippen molar-refractivity contribution in [3.05, 3.63) is 82.3 Å². The van der Waals surface area contributed by atoms with E-state index in [4.69, 9.17) is 28.2 Å². The van der Waals surface area contributed by atoms with Gasteiger partial charge >= 0.3 is 0 Å². The Labute approximate surface area is 160 Å². The standard InChI is InChI=1S/C21H13Cl2N3/c22-18-10-16-12-26-21(17(16)11-19(18)23)24-20(25-26)15-8-6-14(7-9-15)13-4-2-1-3-5-13/h1-11H,12H2. The van der Waals surface area contributed by atoms with Crippen LogP contribution >= 0.6 is 23.2 Å². The van der Waals surface area contributed by atoms with Crippen molar-refractivity contribution in [2.24, 2.45) is 0 Å². The Bertz CT molecular complexity index is 1120. The predicted molar refractivity (Wildman–Crippen MR) is 105 cm³/mol. The van der Waals surface area contributed by atoms with Crippen LogP contribution in [0.4, 0.5) is 0 Å². The first-order chi connectivity index (χ1) is 12.7. The molecular formula is C21H13Cl2N3. The summed E-state index contributed by atoms with van der Waals surface area (Å²) in [7, 11) is 0. The van der Waals surface area contributed by atoms with E-state index in [1.165, 1.54) is 11.1 Å². The first-order valence-corrected chi connectivity index (χ1v) is 9.03. The molecule has 0 aliphatic carbocycles. The first kappa shape index (κ1) is 15.6. The van der Waals surface area contributed by atoms with Gasteiger partial charge in [-0.2, -0.15) is 5.10 Å². The quantitative estimate of drug-likeness (QED) is 0.380. The summed E-state index contributed by atoms with van der Waals surface area (Å²) in [6.07, 6.45) is 0. The molecule has 2 heterocycles. The van der Waals surface area contributed by atoms with Crippen LogP contribution in [0.25, 0.3) is 33.9 Å². The molecule has 26 heavy (non-hydrogen) atoms. The fraction of sp³-hybridized carbons (Fsp3) is 0.0476. The lowest BCUT2D eigenvalue weighted by Gasteiger charge is -2.03. The molecule has 4 aromatic rings. The number of nitrogens with zero attached hydrogens (tertiary/aromatic N) is 3. The molecule has 0 saturated carbocycles. The highest BCUT2D eigenvalue weighted by atomic mass is 35.5. The van der Waals surface area contributed by atoms with Crippen LogP contribution in [0.1, 0.15) is 5.56 Å². The Balaban J connectivity index is 1.51. The molecule has 1 aromatic heterocycles. The van der Waals surface area contributed by atoms with Gasteiger partial charge < -0.3 is 0 Å². The van der Waals surface area contributed by atoms with Gasteiger partial charge in [0.15, 0.2) is 11.6 Å². The van der Waals surface area contributed by atoms with Crippen molar-refractivity contribution in [1.29, 1.82) is 0 Å². The summed E-state index contributed by atoms with van der Waals surface area (Å²) in [5.74, 6) is 1.55. The molecule has 1 aliphatic heterocycles. The van der Waals surface area contributed by atoms with E-state index in [2.05, 4.69) is 41.5 Å². The van der Waals surface area contributed by atoms with E-state index in [9.17, 15) is 0 Å². The average Bonchev–Trinajstić information content (AvgIpc) is 3.22. The van der Waals surface area contributed by atoms with Gasteiger partial charge in [-0.25, -0.2) is 9.67 Å². The molecule has 5 rings (SSSR count). The molecule has 5 heteroatoms. The maximum absolute atomic E-state index is 6.17. The molecule has 0 N–H and O–H groups in total. The molecule has 0 amide bonds. The van der Waals surface area contributed by atoms with Crippen LogP contribution < -0.4 is 0 Å². The number of aromatic nitrogens is 3. The second kappa shape index (κ2) is 5.97. The third kappa shape index (κ3) is 2.52. The molecule has 126 valence electrons. The zero-order valence-electron chi connectivity index (χ0n) is 13.7. The minimum atomic E-state index is 0.538. The highest BCUT2D eigenvalue weighted by Gasteiger charge is 2.24. The van der Waals surface area contributed by atoms with E-state index in [0.29, 0.717) is 16.6 Å². The third-order valence-electron chi connectivity index (χ3n) is 4.63. The molecule has 0 atom stereocenters. The Kier molecular flexibility index (Phi) is 3.59. The van der Waals surface area contributed by atoms with Gasteiger partial charge in [-0.05, 0) is 28.8 Å². The fourth-order valence-corrected chi connectivity index (χ4v) is 3.65. The number of fused-ring (bicyclic) bond motifs is 3. The minimum Gasteiger partial charge on any atom is -0.241 e. The molecule has 0 radical (unpaired) electrons. The molecule has 0 unspecified atom stereocenters. The zero-order valence-corrected chi connectivity index (χ0v) is 15.2. The minimum absolute atomic E-state index is 0.538. The van der Waals surface area contributed by atoms with Gasteiger partial charge in [-0.3, -0.25) is 0 Å². The second-order valence-electron chi connectivity index (χ2n) is 6.28. The van der Waals surface area contributed by atoms with Gasteiger partial charge in [0.1, 0.15) is 0 Å². The van der Waals surface area contributed by atoms with E-state index in [-0.39, 0.29) is 0 Å². The van der Waals surface area contributed by atoms with Crippen LogP contribution in [-0.4, -0.2) is 14.8 Å². The zero-order chi connectivity index (χ0) is 17.7. The highest BCUT2D eigenvalue weighted by Crippen LogP contribution is 2.37. The summed E-state index contributed by atoms with van der Waals surface area (Å²) in [6, 6.07) is 22.4. The maximum atomic E-state index is 6.17. The number of hydrogen-bond donors (Lipinski definition) is 0. The van der Waals surface area contributed by atoms with Gasteiger partial charge in [-0.1, -0.05) is 77.8 Å². The van der Waals surface area contributed by atoms with Crippen LogP contribution in [0.15, 0.2) is 66.7 Å². The largest absolute Gasteiger partial charge is 0.241 e. The molecule has 0 spiro atoms. The molecule has 0 saturated heterocycles. The van der Waals surface area contributed by atoms with Crippen molar-refractivity contribution in [1.82, 2.24) is 14.8 Å². The molecule has 0 fully saturated rings. The van der Waals surface area contributed by atoms with Gasteiger partial charge in [-0.15, -0.1) is 0 Å². The summed E-state index contributed by atoms with van der Waals surface area (Å²) in [5.41, 5.74) is 5.46. The van der Waals surface area contributed by atoms with Crippen molar-refractivity contribution >= 4 is 23.2 Å². The fourth-order valence-electron chi connectivity index (χ4n) is 3.30. The number of benzene rings is 3. The van der Waals surface area contributed by atoms with Gasteiger partial charge in [0.25, 0.3) is 0 Å². The Hall–Kier alpha value is -2.62. The van der Waals surface area contributed by atoms with E-state index in [1.54, 1.807) is 0 Å². The van der Waals surface area contributed by atoms with Crippen LogP contribution in [0.2, 0.25) is 10.0 Å². The van der Waals surface area contributed by atoms with Crippen LogP contribution in [0.5, 0.6) is 0 Å². The lowest BCUT2D eigenvalue weighted by atomic mass is 10.0. The maximum Gasteiger partial charge on any atom is 0.181 e. The van der Waals surface area contributed by atoms with Crippen molar-refractivity contribution < 1.29 is 0 Å². The van der Waals surface area contributed by atoms with Gasteiger partial charge in [0.05, 0.1) is 16.6 Å². The summed E-state index contributed by atoms with van der Waals surface area (Å²) in [6.45, 7) is 0.663. The van der Waals surface area contributed by atoms with Crippen molar-refractivity contribution in [3.63, 3.8) is 0 Å². The van der Waals surface area contributed by atoms with Crippen LogP contribution in [0, 0.1) is 0 Å². The average molecular weight is 378 g/mol. The summed E-state index contributed by atoms with van der Waals surface area (Å²) < 4.78 is 1.90. The SMILES string of the molecule is Clc1cc2c(cc1Cl)-c1nc(-c3ccc(-c4ccccc4)cc3)nn1C2.